The maximum absolute atomic E-state index is 13.1. The average molecular weight is 392 g/mol. The van der Waals surface area contributed by atoms with Crippen molar-refractivity contribution in [3.8, 4) is 0 Å². The SMILES string of the molecule is O=C1OC(=O)C(c2cn(CCCO)c3ncccc23)=C1/C=C/c1ccc(F)cc1. The molecule has 1 aliphatic heterocycles. The molecular formula is C22H17FN2O4. The Labute approximate surface area is 165 Å². The summed E-state index contributed by atoms with van der Waals surface area (Å²) in [5.41, 5.74) is 2.16. The molecule has 7 heteroatoms. The number of esters is 2. The zero-order valence-electron chi connectivity index (χ0n) is 15.3. The van der Waals surface area contributed by atoms with E-state index in [-0.39, 0.29) is 23.6 Å². The molecular weight excluding hydrogens is 375 g/mol. The lowest BCUT2D eigenvalue weighted by atomic mass is 10.0. The van der Waals surface area contributed by atoms with E-state index in [1.807, 2.05) is 10.6 Å². The van der Waals surface area contributed by atoms with Crippen LogP contribution in [-0.4, -0.2) is 33.2 Å². The van der Waals surface area contributed by atoms with E-state index in [2.05, 4.69) is 4.98 Å². The molecule has 0 saturated heterocycles. The van der Waals surface area contributed by atoms with Crippen LogP contribution in [-0.2, 0) is 20.9 Å². The van der Waals surface area contributed by atoms with Gasteiger partial charge in [-0.3, -0.25) is 0 Å². The summed E-state index contributed by atoms with van der Waals surface area (Å²) in [6.07, 6.45) is 7.04. The number of nitrogens with zero attached hydrogens (tertiary/aromatic N) is 2. The molecule has 1 aromatic carbocycles. The van der Waals surface area contributed by atoms with Crippen LogP contribution in [0.2, 0.25) is 0 Å². The number of pyridine rings is 1. The Morgan fingerprint density at radius 3 is 2.66 bits per heavy atom. The predicted molar refractivity (Wildman–Crippen MR) is 105 cm³/mol. The number of aryl methyl sites for hydroxylation is 1. The van der Waals surface area contributed by atoms with Crippen molar-refractivity contribution in [2.24, 2.45) is 0 Å². The zero-order chi connectivity index (χ0) is 20.4. The van der Waals surface area contributed by atoms with Crippen molar-refractivity contribution in [2.45, 2.75) is 13.0 Å². The second-order valence-electron chi connectivity index (χ2n) is 6.54. The Hall–Kier alpha value is -3.58. The summed E-state index contributed by atoms with van der Waals surface area (Å²) >= 11 is 0. The number of aliphatic hydroxyl groups excluding tert-OH is 1. The molecule has 146 valence electrons. The monoisotopic (exact) mass is 392 g/mol. The summed E-state index contributed by atoms with van der Waals surface area (Å²) in [4.78, 5) is 29.1. The van der Waals surface area contributed by atoms with E-state index in [9.17, 15) is 14.0 Å². The molecule has 0 aliphatic carbocycles. The van der Waals surface area contributed by atoms with Crippen molar-refractivity contribution in [3.63, 3.8) is 0 Å². The van der Waals surface area contributed by atoms with Gasteiger partial charge in [0.05, 0.1) is 11.1 Å². The maximum Gasteiger partial charge on any atom is 0.347 e. The highest BCUT2D eigenvalue weighted by molar-refractivity contribution is 6.33. The number of aromatic nitrogens is 2. The highest BCUT2D eigenvalue weighted by Gasteiger charge is 2.34. The minimum absolute atomic E-state index is 0.0245. The van der Waals surface area contributed by atoms with Crippen molar-refractivity contribution >= 4 is 34.6 Å². The van der Waals surface area contributed by atoms with E-state index in [4.69, 9.17) is 9.84 Å². The van der Waals surface area contributed by atoms with Crippen LogP contribution in [0, 0.1) is 5.82 Å². The van der Waals surface area contributed by atoms with Gasteiger partial charge < -0.3 is 14.4 Å². The average Bonchev–Trinajstić information content (AvgIpc) is 3.22. The summed E-state index contributed by atoms with van der Waals surface area (Å²) in [7, 11) is 0. The lowest BCUT2D eigenvalue weighted by molar-refractivity contribution is -0.150. The first-order valence-electron chi connectivity index (χ1n) is 9.08. The van der Waals surface area contributed by atoms with Gasteiger partial charge >= 0.3 is 11.9 Å². The molecule has 4 rings (SSSR count). The topological polar surface area (TPSA) is 81.4 Å². The quantitative estimate of drug-likeness (QED) is 0.515. The van der Waals surface area contributed by atoms with Gasteiger partial charge in [0.2, 0.25) is 0 Å². The number of carbonyl (C=O) groups is 2. The Morgan fingerprint density at radius 1 is 1.10 bits per heavy atom. The van der Waals surface area contributed by atoms with Gasteiger partial charge in [-0.1, -0.05) is 18.2 Å². The molecule has 1 aliphatic rings. The van der Waals surface area contributed by atoms with Gasteiger partial charge in [0.15, 0.2) is 0 Å². The second-order valence-corrected chi connectivity index (χ2v) is 6.54. The number of hydrogen-bond donors (Lipinski definition) is 1. The number of halogens is 1. The van der Waals surface area contributed by atoms with Gasteiger partial charge in [-0.15, -0.1) is 0 Å². The Bertz CT molecular complexity index is 1160. The standard InChI is InChI=1S/C22H17FN2O4/c23-15-7-4-14(5-8-15)6-9-17-19(22(28)29-21(17)27)18-13-25(11-2-12-26)20-16(18)3-1-10-24-20/h1,3-10,13,26H,2,11-12H2/b9-6+. The predicted octanol–water partition coefficient (Wildman–Crippen LogP) is 3.11. The summed E-state index contributed by atoms with van der Waals surface area (Å²) in [5, 5.41) is 9.85. The Morgan fingerprint density at radius 2 is 1.90 bits per heavy atom. The number of aliphatic hydroxyl groups is 1. The largest absolute Gasteiger partial charge is 0.396 e. The molecule has 3 aromatic rings. The van der Waals surface area contributed by atoms with Gasteiger partial charge in [-0.05, 0) is 42.3 Å². The molecule has 0 spiro atoms. The minimum Gasteiger partial charge on any atom is -0.396 e. The van der Waals surface area contributed by atoms with Gasteiger partial charge in [0.25, 0.3) is 0 Å². The molecule has 29 heavy (non-hydrogen) atoms. The molecule has 2 aromatic heterocycles. The first kappa shape index (κ1) is 18.8. The molecule has 0 saturated carbocycles. The van der Waals surface area contributed by atoms with Crippen LogP contribution in [0.15, 0.2) is 60.4 Å². The highest BCUT2D eigenvalue weighted by atomic mass is 19.1. The van der Waals surface area contributed by atoms with Crippen molar-refractivity contribution in [3.05, 3.63) is 77.4 Å². The first-order chi connectivity index (χ1) is 14.1. The van der Waals surface area contributed by atoms with Crippen LogP contribution >= 0.6 is 0 Å². The number of ether oxygens (including phenoxy) is 1. The van der Waals surface area contributed by atoms with Crippen LogP contribution in [0.1, 0.15) is 17.5 Å². The van der Waals surface area contributed by atoms with E-state index >= 15 is 0 Å². The van der Waals surface area contributed by atoms with Gasteiger partial charge in [0.1, 0.15) is 11.5 Å². The molecule has 0 radical (unpaired) electrons. The fraction of sp³-hybridized carbons (Fsp3) is 0.136. The van der Waals surface area contributed by atoms with E-state index in [1.54, 1.807) is 36.7 Å². The Balaban J connectivity index is 1.83. The molecule has 0 fully saturated rings. The first-order valence-corrected chi connectivity index (χ1v) is 9.08. The van der Waals surface area contributed by atoms with Crippen LogP contribution in [0.5, 0.6) is 0 Å². The number of cyclic esters (lactones) is 2. The molecule has 0 atom stereocenters. The van der Waals surface area contributed by atoms with Crippen molar-refractivity contribution in [1.82, 2.24) is 9.55 Å². The smallest absolute Gasteiger partial charge is 0.347 e. The molecule has 6 nitrogen and oxygen atoms in total. The Kier molecular flexibility index (Phi) is 5.05. The van der Waals surface area contributed by atoms with Gasteiger partial charge in [0, 0.05) is 36.5 Å². The van der Waals surface area contributed by atoms with E-state index in [0.29, 0.717) is 35.1 Å². The summed E-state index contributed by atoms with van der Waals surface area (Å²) in [5.74, 6) is -1.82. The second kappa shape index (κ2) is 7.81. The van der Waals surface area contributed by atoms with Crippen molar-refractivity contribution < 1.29 is 23.8 Å². The van der Waals surface area contributed by atoms with Crippen LogP contribution in [0.3, 0.4) is 0 Å². The molecule has 0 amide bonds. The number of benzene rings is 1. The maximum atomic E-state index is 13.1. The number of rotatable bonds is 6. The summed E-state index contributed by atoms with van der Waals surface area (Å²) < 4.78 is 19.8. The van der Waals surface area contributed by atoms with Crippen molar-refractivity contribution in [1.29, 1.82) is 0 Å². The van der Waals surface area contributed by atoms with Crippen LogP contribution in [0.4, 0.5) is 4.39 Å². The van der Waals surface area contributed by atoms with E-state index in [1.165, 1.54) is 18.2 Å². The summed E-state index contributed by atoms with van der Waals surface area (Å²) in [6.45, 7) is 0.539. The van der Waals surface area contributed by atoms with Crippen LogP contribution in [0.25, 0.3) is 22.7 Å². The lowest BCUT2D eigenvalue weighted by Gasteiger charge is -2.01. The molecule has 1 N–H and O–H groups in total. The lowest BCUT2D eigenvalue weighted by Crippen LogP contribution is -2.01. The third kappa shape index (κ3) is 3.60. The third-order valence-corrected chi connectivity index (χ3v) is 4.65. The highest BCUT2D eigenvalue weighted by Crippen LogP contribution is 2.34. The number of hydrogen-bond acceptors (Lipinski definition) is 5. The normalized spacial score (nSPS) is 14.4. The van der Waals surface area contributed by atoms with Crippen LogP contribution < -0.4 is 0 Å². The fourth-order valence-electron chi connectivity index (χ4n) is 3.30. The fourth-order valence-corrected chi connectivity index (χ4v) is 3.30. The van der Waals surface area contributed by atoms with E-state index < -0.39 is 11.9 Å². The molecule has 0 unspecified atom stereocenters. The van der Waals surface area contributed by atoms with Crippen molar-refractivity contribution in [2.75, 3.05) is 6.61 Å². The number of carbonyl (C=O) groups excluding carboxylic acids is 2. The van der Waals surface area contributed by atoms with Gasteiger partial charge in [-0.25, -0.2) is 19.0 Å². The molecule has 3 heterocycles. The van der Waals surface area contributed by atoms with Gasteiger partial charge in [-0.2, -0.15) is 0 Å². The zero-order valence-corrected chi connectivity index (χ0v) is 15.3. The molecule has 0 bridgehead atoms. The van der Waals surface area contributed by atoms with E-state index in [0.717, 1.165) is 0 Å². The number of fused-ring (bicyclic) bond motifs is 1. The summed E-state index contributed by atoms with van der Waals surface area (Å²) in [6, 6.07) is 9.33. The third-order valence-electron chi connectivity index (χ3n) is 4.65. The minimum atomic E-state index is -0.733.